The van der Waals surface area contributed by atoms with Gasteiger partial charge in [-0.05, 0) is 30.7 Å². The van der Waals surface area contributed by atoms with E-state index in [1.807, 2.05) is 26.0 Å². The molecule has 0 amide bonds. The Balaban J connectivity index is 2.21. The van der Waals surface area contributed by atoms with Gasteiger partial charge in [0.15, 0.2) is 18.1 Å². The van der Waals surface area contributed by atoms with Crippen LogP contribution in [0.5, 0.6) is 11.5 Å². The Hall–Kier alpha value is -2.89. The molecule has 0 aliphatic rings. The maximum absolute atomic E-state index is 13.3. The van der Waals surface area contributed by atoms with Crippen molar-refractivity contribution >= 4 is 44.6 Å². The molecule has 0 N–H and O–H groups in total. The summed E-state index contributed by atoms with van der Waals surface area (Å²) in [6, 6.07) is 10.5. The fourth-order valence-corrected chi connectivity index (χ4v) is 3.57. The standard InChI is InChI=1S/C22H20BrClN4O3/c1-4-13(2)21-27-18-6-5-15(23)10-17(18)22(29)28(21)26-12-14-9-16(24)11-19(30-3)20(14)31-8-7-25/h5-6,9-13H,4,8H2,1-3H3/t13-/m1/s1. The van der Waals surface area contributed by atoms with Crippen LogP contribution in [0.4, 0.5) is 0 Å². The van der Waals surface area contributed by atoms with Crippen molar-refractivity contribution in [2.75, 3.05) is 13.7 Å². The molecule has 3 aromatic rings. The van der Waals surface area contributed by atoms with Gasteiger partial charge in [0.05, 0.1) is 24.2 Å². The molecule has 0 fully saturated rings. The van der Waals surface area contributed by atoms with Crippen molar-refractivity contribution in [2.24, 2.45) is 5.10 Å². The summed E-state index contributed by atoms with van der Waals surface area (Å²) in [6.07, 6.45) is 2.24. The van der Waals surface area contributed by atoms with Crippen molar-refractivity contribution in [1.29, 1.82) is 5.26 Å². The Morgan fingerprint density at radius 1 is 1.39 bits per heavy atom. The summed E-state index contributed by atoms with van der Waals surface area (Å²) in [4.78, 5) is 17.9. The highest BCUT2D eigenvalue weighted by Crippen LogP contribution is 2.34. The molecule has 0 spiro atoms. The van der Waals surface area contributed by atoms with Gasteiger partial charge in [0.25, 0.3) is 5.56 Å². The minimum absolute atomic E-state index is 0.00102. The summed E-state index contributed by atoms with van der Waals surface area (Å²) in [6.45, 7) is 3.83. The van der Waals surface area contributed by atoms with Crippen LogP contribution in [0.25, 0.3) is 10.9 Å². The third kappa shape index (κ3) is 4.89. The number of halogens is 2. The number of hydrogen-bond acceptors (Lipinski definition) is 6. The monoisotopic (exact) mass is 502 g/mol. The van der Waals surface area contributed by atoms with E-state index in [2.05, 4.69) is 26.0 Å². The molecule has 7 nitrogen and oxygen atoms in total. The smallest absolute Gasteiger partial charge is 0.282 e. The van der Waals surface area contributed by atoms with Gasteiger partial charge in [-0.3, -0.25) is 4.79 Å². The Morgan fingerprint density at radius 2 is 2.16 bits per heavy atom. The fourth-order valence-electron chi connectivity index (χ4n) is 2.99. The van der Waals surface area contributed by atoms with Crippen LogP contribution < -0.4 is 15.0 Å². The van der Waals surface area contributed by atoms with Crippen LogP contribution in [-0.4, -0.2) is 29.6 Å². The van der Waals surface area contributed by atoms with E-state index in [1.54, 1.807) is 24.3 Å². The van der Waals surface area contributed by atoms with Gasteiger partial charge in [-0.25, -0.2) is 4.98 Å². The van der Waals surface area contributed by atoms with E-state index in [-0.39, 0.29) is 18.1 Å². The van der Waals surface area contributed by atoms with Gasteiger partial charge in [0.2, 0.25) is 0 Å². The SMILES string of the molecule is CC[C@@H](C)c1nc2ccc(Br)cc2c(=O)n1N=Cc1cc(Cl)cc(OC)c1OCC#N. The summed E-state index contributed by atoms with van der Waals surface area (Å²) in [5, 5.41) is 14.2. The Bertz CT molecular complexity index is 1250. The van der Waals surface area contributed by atoms with E-state index in [0.717, 1.165) is 10.9 Å². The predicted molar refractivity (Wildman–Crippen MR) is 125 cm³/mol. The van der Waals surface area contributed by atoms with Crippen LogP contribution in [0.3, 0.4) is 0 Å². The van der Waals surface area contributed by atoms with E-state index >= 15 is 0 Å². The van der Waals surface area contributed by atoms with Crippen molar-refractivity contribution in [3.8, 4) is 17.6 Å². The van der Waals surface area contributed by atoms with Gasteiger partial charge in [-0.2, -0.15) is 15.0 Å². The zero-order valence-electron chi connectivity index (χ0n) is 17.2. The molecule has 1 heterocycles. The summed E-state index contributed by atoms with van der Waals surface area (Å²) in [5.74, 6) is 1.22. The Morgan fingerprint density at radius 3 is 2.84 bits per heavy atom. The Kier molecular flexibility index (Phi) is 7.31. The van der Waals surface area contributed by atoms with E-state index in [4.69, 9.17) is 26.3 Å². The van der Waals surface area contributed by atoms with Gasteiger partial charge in [0.1, 0.15) is 11.9 Å². The van der Waals surface area contributed by atoms with Crippen LogP contribution >= 0.6 is 27.5 Å². The van der Waals surface area contributed by atoms with Gasteiger partial charge in [0, 0.05) is 27.0 Å². The van der Waals surface area contributed by atoms with Crippen LogP contribution in [-0.2, 0) is 0 Å². The predicted octanol–water partition coefficient (Wildman–Crippen LogP) is 5.12. The second-order valence-electron chi connectivity index (χ2n) is 6.78. The highest BCUT2D eigenvalue weighted by molar-refractivity contribution is 9.10. The largest absolute Gasteiger partial charge is 0.493 e. The number of benzene rings is 2. The summed E-state index contributed by atoms with van der Waals surface area (Å²) < 4.78 is 12.9. The minimum atomic E-state index is -0.286. The molecule has 0 aliphatic heterocycles. The average Bonchev–Trinajstić information content (AvgIpc) is 2.76. The van der Waals surface area contributed by atoms with Crippen molar-refractivity contribution in [3.63, 3.8) is 0 Å². The number of hydrogen-bond donors (Lipinski definition) is 0. The molecular formula is C22H20BrClN4O3. The Labute approximate surface area is 193 Å². The third-order valence-electron chi connectivity index (χ3n) is 4.75. The molecule has 3 rings (SSSR count). The summed E-state index contributed by atoms with van der Waals surface area (Å²) in [5.41, 5.74) is 0.791. The van der Waals surface area contributed by atoms with Gasteiger partial charge >= 0.3 is 0 Å². The first-order valence-corrected chi connectivity index (χ1v) is 10.7. The number of ether oxygens (including phenoxy) is 2. The molecule has 9 heteroatoms. The first-order valence-electron chi connectivity index (χ1n) is 9.53. The molecule has 2 aromatic carbocycles. The first kappa shape index (κ1) is 22.8. The third-order valence-corrected chi connectivity index (χ3v) is 5.46. The second-order valence-corrected chi connectivity index (χ2v) is 8.13. The van der Waals surface area contributed by atoms with Gasteiger partial charge < -0.3 is 9.47 Å². The lowest BCUT2D eigenvalue weighted by molar-refractivity contribution is 0.329. The zero-order chi connectivity index (χ0) is 22.5. The molecule has 1 atom stereocenters. The molecule has 0 saturated heterocycles. The molecule has 1 aromatic heterocycles. The molecule has 0 aliphatic carbocycles. The van der Waals surface area contributed by atoms with Gasteiger partial charge in [-0.15, -0.1) is 0 Å². The lowest BCUT2D eigenvalue weighted by Crippen LogP contribution is -2.23. The maximum atomic E-state index is 13.3. The van der Waals surface area contributed by atoms with Crippen molar-refractivity contribution in [3.05, 3.63) is 61.6 Å². The number of methoxy groups -OCH3 is 1. The van der Waals surface area contributed by atoms with Crippen molar-refractivity contribution in [2.45, 2.75) is 26.2 Å². The molecule has 160 valence electrons. The molecule has 0 saturated carbocycles. The normalized spacial score (nSPS) is 12.1. The molecule has 31 heavy (non-hydrogen) atoms. The van der Waals surface area contributed by atoms with E-state index in [0.29, 0.717) is 38.8 Å². The fraction of sp³-hybridized carbons (Fsp3) is 0.273. The molecule has 0 unspecified atom stereocenters. The topological polar surface area (TPSA) is 89.5 Å². The average molecular weight is 504 g/mol. The van der Waals surface area contributed by atoms with E-state index < -0.39 is 0 Å². The lowest BCUT2D eigenvalue weighted by Gasteiger charge is -2.15. The van der Waals surface area contributed by atoms with Crippen molar-refractivity contribution in [1.82, 2.24) is 9.66 Å². The lowest BCUT2D eigenvalue weighted by atomic mass is 10.1. The van der Waals surface area contributed by atoms with Crippen LogP contribution in [0.1, 0.15) is 37.6 Å². The maximum Gasteiger partial charge on any atom is 0.282 e. The van der Waals surface area contributed by atoms with Crippen LogP contribution in [0.2, 0.25) is 5.02 Å². The highest BCUT2D eigenvalue weighted by atomic mass is 79.9. The minimum Gasteiger partial charge on any atom is -0.493 e. The highest BCUT2D eigenvalue weighted by Gasteiger charge is 2.17. The number of fused-ring (bicyclic) bond motifs is 1. The van der Waals surface area contributed by atoms with Crippen LogP contribution in [0, 0.1) is 11.3 Å². The summed E-state index contributed by atoms with van der Waals surface area (Å²) >= 11 is 9.60. The number of nitrogens with zero attached hydrogens (tertiary/aromatic N) is 4. The van der Waals surface area contributed by atoms with Crippen molar-refractivity contribution < 1.29 is 9.47 Å². The van der Waals surface area contributed by atoms with Crippen LogP contribution in [0.15, 0.2) is 44.7 Å². The van der Waals surface area contributed by atoms with Gasteiger partial charge in [-0.1, -0.05) is 41.4 Å². The van der Waals surface area contributed by atoms with E-state index in [9.17, 15) is 4.79 Å². The summed E-state index contributed by atoms with van der Waals surface area (Å²) in [7, 11) is 1.47. The molecule has 0 bridgehead atoms. The number of aromatic nitrogens is 2. The first-order chi connectivity index (χ1) is 14.9. The molecular weight excluding hydrogens is 484 g/mol. The number of rotatable bonds is 7. The zero-order valence-corrected chi connectivity index (χ0v) is 19.6. The number of nitriles is 1. The second kappa shape index (κ2) is 9.94. The quantitative estimate of drug-likeness (QED) is 0.418. The molecule has 0 radical (unpaired) electrons. The van der Waals surface area contributed by atoms with E-state index in [1.165, 1.54) is 18.0 Å².